The monoisotopic (exact) mass is 254 g/mol. The molecule has 1 N–H and O–H groups in total. The second-order valence-corrected chi connectivity index (χ2v) is 6.59. The number of aliphatic imine (C=N–C) groups is 1. The fourth-order valence-electron chi connectivity index (χ4n) is 3.15. The van der Waals surface area contributed by atoms with Gasteiger partial charge < -0.3 is 10.1 Å². The average Bonchev–Trinajstić information content (AvgIpc) is 3.04. The van der Waals surface area contributed by atoms with Gasteiger partial charge in [-0.15, -0.1) is 0 Å². The molecule has 0 aromatic heterocycles. The number of ether oxygens (including phenoxy) is 1. The molecule has 2 aliphatic heterocycles. The summed E-state index contributed by atoms with van der Waals surface area (Å²) in [5.74, 6) is 1.21. The Morgan fingerprint density at radius 1 is 1.41 bits per heavy atom. The maximum absolute atomic E-state index is 5.70. The van der Waals surface area contributed by atoms with Crippen molar-refractivity contribution in [1.82, 2.24) is 5.32 Å². The summed E-state index contributed by atoms with van der Waals surface area (Å²) >= 11 is 1.91. The molecule has 3 fully saturated rings. The van der Waals surface area contributed by atoms with Crippen molar-refractivity contribution in [3.05, 3.63) is 0 Å². The van der Waals surface area contributed by atoms with E-state index in [-0.39, 0.29) is 0 Å². The fourth-order valence-corrected chi connectivity index (χ4v) is 4.45. The molecular formula is C13H22N2OS. The van der Waals surface area contributed by atoms with E-state index < -0.39 is 0 Å². The number of hydrogen-bond donors (Lipinski definition) is 1. The minimum atomic E-state index is 0.309. The number of nitrogens with one attached hydrogen (secondary N) is 1. The zero-order valence-corrected chi connectivity index (χ0v) is 11.4. The quantitative estimate of drug-likeness (QED) is 0.822. The topological polar surface area (TPSA) is 33.6 Å². The van der Waals surface area contributed by atoms with Crippen molar-refractivity contribution in [2.45, 2.75) is 63.1 Å². The van der Waals surface area contributed by atoms with Crippen molar-refractivity contribution in [3.8, 4) is 0 Å². The molecule has 17 heavy (non-hydrogen) atoms. The van der Waals surface area contributed by atoms with Crippen molar-refractivity contribution in [2.24, 2.45) is 4.99 Å². The SMILES string of the molecule is CC(N=C1NC2(CCCC2)CS1)C1CCCO1. The van der Waals surface area contributed by atoms with Crippen LogP contribution in [0.15, 0.2) is 4.99 Å². The van der Waals surface area contributed by atoms with Gasteiger partial charge in [-0.2, -0.15) is 0 Å². The van der Waals surface area contributed by atoms with Crippen LogP contribution in [0.1, 0.15) is 45.4 Å². The van der Waals surface area contributed by atoms with E-state index in [0.29, 0.717) is 17.7 Å². The summed E-state index contributed by atoms with van der Waals surface area (Å²) in [5.41, 5.74) is 0.389. The second kappa shape index (κ2) is 4.81. The summed E-state index contributed by atoms with van der Waals surface area (Å²) < 4.78 is 5.70. The molecule has 0 bridgehead atoms. The lowest BCUT2D eigenvalue weighted by Crippen LogP contribution is -2.41. The molecule has 2 saturated heterocycles. The first-order chi connectivity index (χ1) is 8.27. The lowest BCUT2D eigenvalue weighted by atomic mass is 10.0. The number of hydrogen-bond acceptors (Lipinski definition) is 3. The third kappa shape index (κ3) is 2.48. The Bertz CT molecular complexity index is 307. The van der Waals surface area contributed by atoms with E-state index >= 15 is 0 Å². The third-order valence-electron chi connectivity index (χ3n) is 4.24. The predicted molar refractivity (Wildman–Crippen MR) is 72.7 cm³/mol. The molecule has 0 aromatic rings. The number of rotatable bonds is 2. The van der Waals surface area contributed by atoms with Crippen LogP contribution in [0.25, 0.3) is 0 Å². The summed E-state index contributed by atoms with van der Waals surface area (Å²) in [4.78, 5) is 4.82. The van der Waals surface area contributed by atoms with Crippen molar-refractivity contribution in [1.29, 1.82) is 0 Å². The Morgan fingerprint density at radius 2 is 2.24 bits per heavy atom. The van der Waals surface area contributed by atoms with Gasteiger partial charge in [-0.25, -0.2) is 0 Å². The van der Waals surface area contributed by atoms with Gasteiger partial charge in [0.2, 0.25) is 0 Å². The summed E-state index contributed by atoms with van der Waals surface area (Å²) in [6.45, 7) is 3.11. The van der Waals surface area contributed by atoms with Gasteiger partial charge in [-0.1, -0.05) is 24.6 Å². The lowest BCUT2D eigenvalue weighted by molar-refractivity contribution is 0.0953. The molecule has 0 aromatic carbocycles. The van der Waals surface area contributed by atoms with E-state index in [0.717, 1.165) is 11.8 Å². The first kappa shape index (κ1) is 11.8. The Hall–Kier alpha value is -0.220. The van der Waals surface area contributed by atoms with Crippen LogP contribution in [0.3, 0.4) is 0 Å². The van der Waals surface area contributed by atoms with Gasteiger partial charge in [0.25, 0.3) is 0 Å². The van der Waals surface area contributed by atoms with Crippen molar-refractivity contribution >= 4 is 16.9 Å². The van der Waals surface area contributed by atoms with Crippen molar-refractivity contribution < 1.29 is 4.74 Å². The van der Waals surface area contributed by atoms with Gasteiger partial charge in [0.15, 0.2) is 5.17 Å². The Morgan fingerprint density at radius 3 is 2.94 bits per heavy atom. The standard InChI is InChI=1S/C13H22N2OS/c1-10(11-5-4-8-16-11)14-12-15-13(9-17-12)6-2-3-7-13/h10-11H,2-9H2,1H3,(H,14,15). The Kier molecular flexibility index (Phi) is 3.35. The third-order valence-corrected chi connectivity index (χ3v) is 5.42. The normalized spacial score (nSPS) is 35.6. The molecule has 2 heterocycles. The minimum Gasteiger partial charge on any atom is -0.376 e. The molecule has 3 aliphatic rings. The molecule has 0 radical (unpaired) electrons. The van der Waals surface area contributed by atoms with E-state index in [1.165, 1.54) is 44.3 Å². The molecular weight excluding hydrogens is 232 g/mol. The van der Waals surface area contributed by atoms with Gasteiger partial charge in [0, 0.05) is 17.9 Å². The first-order valence-electron chi connectivity index (χ1n) is 6.88. The van der Waals surface area contributed by atoms with E-state index in [1.54, 1.807) is 0 Å². The minimum absolute atomic E-state index is 0.309. The fraction of sp³-hybridized carbons (Fsp3) is 0.923. The highest BCUT2D eigenvalue weighted by Crippen LogP contribution is 2.37. The van der Waals surface area contributed by atoms with Crippen LogP contribution < -0.4 is 5.32 Å². The molecule has 1 aliphatic carbocycles. The van der Waals surface area contributed by atoms with Gasteiger partial charge in [0.1, 0.15) is 0 Å². The van der Waals surface area contributed by atoms with Crippen LogP contribution in [0, 0.1) is 0 Å². The summed E-state index contributed by atoms with van der Waals surface area (Å²) in [7, 11) is 0. The molecule has 2 unspecified atom stereocenters. The molecule has 1 spiro atoms. The molecule has 4 heteroatoms. The highest BCUT2D eigenvalue weighted by atomic mass is 32.2. The maximum atomic E-state index is 5.70. The van der Waals surface area contributed by atoms with Gasteiger partial charge in [-0.3, -0.25) is 4.99 Å². The van der Waals surface area contributed by atoms with Crippen LogP contribution in [0.4, 0.5) is 0 Å². The Balaban J connectivity index is 1.61. The van der Waals surface area contributed by atoms with Crippen molar-refractivity contribution in [2.75, 3.05) is 12.4 Å². The largest absolute Gasteiger partial charge is 0.376 e. The van der Waals surface area contributed by atoms with Gasteiger partial charge in [-0.05, 0) is 32.6 Å². The van der Waals surface area contributed by atoms with Crippen LogP contribution in [-0.4, -0.2) is 35.2 Å². The van der Waals surface area contributed by atoms with Crippen LogP contribution in [0.5, 0.6) is 0 Å². The number of nitrogens with zero attached hydrogens (tertiary/aromatic N) is 1. The smallest absolute Gasteiger partial charge is 0.157 e. The summed E-state index contributed by atoms with van der Waals surface area (Å²) in [6.07, 6.45) is 8.13. The maximum Gasteiger partial charge on any atom is 0.157 e. The van der Waals surface area contributed by atoms with E-state index in [9.17, 15) is 0 Å². The second-order valence-electron chi connectivity index (χ2n) is 5.63. The highest BCUT2D eigenvalue weighted by molar-refractivity contribution is 8.14. The molecule has 96 valence electrons. The summed E-state index contributed by atoms with van der Waals surface area (Å²) in [6, 6.07) is 0.309. The zero-order valence-electron chi connectivity index (χ0n) is 10.6. The Labute approximate surface area is 108 Å². The highest BCUT2D eigenvalue weighted by Gasteiger charge is 2.39. The molecule has 3 rings (SSSR count). The van der Waals surface area contributed by atoms with E-state index in [4.69, 9.17) is 9.73 Å². The molecule has 2 atom stereocenters. The summed E-state index contributed by atoms with van der Waals surface area (Å²) in [5, 5.41) is 4.84. The molecule has 0 amide bonds. The molecule has 1 saturated carbocycles. The van der Waals surface area contributed by atoms with Crippen LogP contribution in [0.2, 0.25) is 0 Å². The van der Waals surface area contributed by atoms with Gasteiger partial charge >= 0.3 is 0 Å². The van der Waals surface area contributed by atoms with Crippen LogP contribution >= 0.6 is 11.8 Å². The van der Waals surface area contributed by atoms with Crippen molar-refractivity contribution in [3.63, 3.8) is 0 Å². The average molecular weight is 254 g/mol. The zero-order chi connectivity index (χ0) is 11.7. The lowest BCUT2D eigenvalue weighted by Gasteiger charge is -2.22. The first-order valence-corrected chi connectivity index (χ1v) is 7.86. The number of thioether (sulfide) groups is 1. The predicted octanol–water partition coefficient (Wildman–Crippen LogP) is 2.56. The van der Waals surface area contributed by atoms with E-state index in [1.807, 2.05) is 11.8 Å². The van der Waals surface area contributed by atoms with Crippen LogP contribution in [-0.2, 0) is 4.74 Å². The molecule has 3 nitrogen and oxygen atoms in total. The van der Waals surface area contributed by atoms with Gasteiger partial charge in [0.05, 0.1) is 12.1 Å². The number of amidine groups is 1. The van der Waals surface area contributed by atoms with E-state index in [2.05, 4.69) is 12.2 Å².